The lowest BCUT2D eigenvalue weighted by molar-refractivity contribution is -0.116. The summed E-state index contributed by atoms with van der Waals surface area (Å²) in [6.07, 6.45) is 1.11. The minimum Gasteiger partial charge on any atom is -0.478 e. The van der Waals surface area contributed by atoms with Crippen LogP contribution in [0.2, 0.25) is 0 Å². The van der Waals surface area contributed by atoms with E-state index in [2.05, 4.69) is 10.6 Å². The predicted molar refractivity (Wildman–Crippen MR) is 93.9 cm³/mol. The topological polar surface area (TPSA) is 95.5 Å². The summed E-state index contributed by atoms with van der Waals surface area (Å²) in [6, 6.07) is 7.70. The summed E-state index contributed by atoms with van der Waals surface area (Å²) in [4.78, 5) is 36.1. The summed E-state index contributed by atoms with van der Waals surface area (Å²) in [6.45, 7) is 3.75. The Morgan fingerprint density at radius 2 is 1.92 bits per heavy atom. The third-order valence-corrected chi connectivity index (χ3v) is 4.16. The molecule has 0 saturated carbocycles. The van der Waals surface area contributed by atoms with Crippen molar-refractivity contribution in [1.82, 2.24) is 0 Å². The van der Waals surface area contributed by atoms with Gasteiger partial charge in [0.1, 0.15) is 5.00 Å². The number of aryl methyl sites for hydroxylation is 1. The van der Waals surface area contributed by atoms with Crippen molar-refractivity contribution < 1.29 is 19.5 Å². The Balaban J connectivity index is 2.19. The summed E-state index contributed by atoms with van der Waals surface area (Å²) in [5.41, 5.74) is 0.836. The van der Waals surface area contributed by atoms with E-state index in [4.69, 9.17) is 5.11 Å². The molecule has 7 heteroatoms. The molecule has 0 radical (unpaired) electrons. The molecule has 0 spiro atoms. The van der Waals surface area contributed by atoms with Gasteiger partial charge in [0.25, 0.3) is 5.91 Å². The van der Waals surface area contributed by atoms with Gasteiger partial charge in [-0.05, 0) is 37.6 Å². The van der Waals surface area contributed by atoms with Gasteiger partial charge in [0.2, 0.25) is 5.91 Å². The van der Waals surface area contributed by atoms with Gasteiger partial charge in [0.05, 0.1) is 11.1 Å². The second-order valence-electron chi connectivity index (χ2n) is 5.24. The molecule has 1 aromatic carbocycles. The Kier molecular flexibility index (Phi) is 5.70. The fourth-order valence-corrected chi connectivity index (χ4v) is 3.05. The van der Waals surface area contributed by atoms with Crippen molar-refractivity contribution in [3.63, 3.8) is 0 Å². The van der Waals surface area contributed by atoms with Crippen LogP contribution in [0, 0.1) is 6.92 Å². The highest BCUT2D eigenvalue weighted by Crippen LogP contribution is 2.28. The van der Waals surface area contributed by atoms with E-state index in [-0.39, 0.29) is 11.5 Å². The van der Waals surface area contributed by atoms with Crippen LogP contribution in [0.4, 0.5) is 10.7 Å². The van der Waals surface area contributed by atoms with Crippen LogP contribution < -0.4 is 10.6 Å². The second kappa shape index (κ2) is 7.74. The van der Waals surface area contributed by atoms with Gasteiger partial charge in [-0.3, -0.25) is 9.59 Å². The number of carboxylic acid groups (broad SMARTS) is 1. The van der Waals surface area contributed by atoms with E-state index in [1.165, 1.54) is 23.5 Å². The Morgan fingerprint density at radius 3 is 2.58 bits per heavy atom. The van der Waals surface area contributed by atoms with E-state index in [1.807, 2.05) is 13.8 Å². The van der Waals surface area contributed by atoms with Crippen LogP contribution in [0.15, 0.2) is 30.3 Å². The van der Waals surface area contributed by atoms with E-state index in [0.717, 1.165) is 11.3 Å². The summed E-state index contributed by atoms with van der Waals surface area (Å²) >= 11 is 1.33. The first-order chi connectivity index (χ1) is 11.4. The Morgan fingerprint density at radius 1 is 1.17 bits per heavy atom. The molecule has 24 heavy (non-hydrogen) atoms. The molecule has 0 unspecified atom stereocenters. The van der Waals surface area contributed by atoms with Crippen LogP contribution in [0.5, 0.6) is 0 Å². The number of hydrogen-bond acceptors (Lipinski definition) is 4. The lowest BCUT2D eigenvalue weighted by Gasteiger charge is -2.08. The number of carbonyl (C=O) groups excluding carboxylic acids is 2. The highest BCUT2D eigenvalue weighted by molar-refractivity contribution is 7.16. The number of carboxylic acids is 1. The molecule has 0 aliphatic heterocycles. The van der Waals surface area contributed by atoms with Gasteiger partial charge in [-0.1, -0.05) is 13.0 Å². The van der Waals surface area contributed by atoms with Gasteiger partial charge in [0, 0.05) is 17.0 Å². The standard InChI is InChI=1S/C17H18N2O4S/c1-3-5-14(20)19-16-13(8-10(2)24-16)15(21)18-12-7-4-6-11(9-12)17(22)23/h4,6-9H,3,5H2,1-2H3,(H,18,21)(H,19,20)(H,22,23). The predicted octanol–water partition coefficient (Wildman–Crippen LogP) is 3.75. The smallest absolute Gasteiger partial charge is 0.335 e. The number of anilines is 2. The van der Waals surface area contributed by atoms with E-state index in [9.17, 15) is 14.4 Å². The minimum atomic E-state index is -1.06. The molecule has 0 atom stereocenters. The summed E-state index contributed by atoms with van der Waals surface area (Å²) in [5, 5.41) is 14.9. The molecule has 0 aliphatic rings. The Hall–Kier alpha value is -2.67. The number of amides is 2. The van der Waals surface area contributed by atoms with Gasteiger partial charge in [-0.2, -0.15) is 0 Å². The molecule has 2 amide bonds. The summed E-state index contributed by atoms with van der Waals surface area (Å²) in [7, 11) is 0. The molecule has 0 bridgehead atoms. The monoisotopic (exact) mass is 346 g/mol. The van der Waals surface area contributed by atoms with E-state index < -0.39 is 11.9 Å². The molecule has 2 aromatic rings. The zero-order valence-corrected chi connectivity index (χ0v) is 14.2. The second-order valence-corrected chi connectivity index (χ2v) is 6.49. The number of carbonyl (C=O) groups is 3. The number of nitrogens with one attached hydrogen (secondary N) is 2. The molecule has 126 valence electrons. The highest BCUT2D eigenvalue weighted by atomic mass is 32.1. The van der Waals surface area contributed by atoms with E-state index in [1.54, 1.807) is 18.2 Å². The SMILES string of the molecule is CCCC(=O)Nc1sc(C)cc1C(=O)Nc1cccc(C(=O)O)c1. The van der Waals surface area contributed by atoms with E-state index >= 15 is 0 Å². The minimum absolute atomic E-state index is 0.0887. The zero-order chi connectivity index (χ0) is 17.7. The molecular formula is C17H18N2O4S. The number of benzene rings is 1. The van der Waals surface area contributed by atoms with Gasteiger partial charge < -0.3 is 15.7 Å². The summed E-state index contributed by atoms with van der Waals surface area (Å²) in [5.74, 6) is -1.60. The molecule has 2 rings (SSSR count). The number of thiophene rings is 1. The third kappa shape index (κ3) is 4.42. The van der Waals surface area contributed by atoms with Crippen molar-refractivity contribution in [2.45, 2.75) is 26.7 Å². The van der Waals surface area contributed by atoms with Crippen LogP contribution in [-0.4, -0.2) is 22.9 Å². The summed E-state index contributed by atoms with van der Waals surface area (Å²) < 4.78 is 0. The van der Waals surface area contributed by atoms with Crippen LogP contribution in [0.25, 0.3) is 0 Å². The van der Waals surface area contributed by atoms with Gasteiger partial charge in [-0.25, -0.2) is 4.79 Å². The molecule has 0 fully saturated rings. The lowest BCUT2D eigenvalue weighted by Crippen LogP contribution is -2.16. The van der Waals surface area contributed by atoms with Crippen molar-refractivity contribution in [1.29, 1.82) is 0 Å². The number of rotatable bonds is 6. The molecule has 6 nitrogen and oxygen atoms in total. The van der Waals surface area contributed by atoms with Crippen LogP contribution in [0.3, 0.4) is 0 Å². The number of hydrogen-bond donors (Lipinski definition) is 3. The molecule has 0 saturated heterocycles. The van der Waals surface area contributed by atoms with Crippen LogP contribution >= 0.6 is 11.3 Å². The average Bonchev–Trinajstić information content (AvgIpc) is 2.88. The fourth-order valence-electron chi connectivity index (χ4n) is 2.12. The fraction of sp³-hybridized carbons (Fsp3) is 0.235. The first kappa shape index (κ1) is 17.7. The van der Waals surface area contributed by atoms with E-state index in [0.29, 0.717) is 22.7 Å². The van der Waals surface area contributed by atoms with Gasteiger partial charge >= 0.3 is 5.97 Å². The quantitative estimate of drug-likeness (QED) is 0.742. The lowest BCUT2D eigenvalue weighted by atomic mass is 10.2. The van der Waals surface area contributed by atoms with Crippen molar-refractivity contribution in [2.75, 3.05) is 10.6 Å². The van der Waals surface area contributed by atoms with Crippen LogP contribution in [0.1, 0.15) is 45.4 Å². The molecule has 1 heterocycles. The first-order valence-electron chi connectivity index (χ1n) is 7.45. The maximum Gasteiger partial charge on any atom is 0.335 e. The van der Waals surface area contributed by atoms with Crippen LogP contribution in [-0.2, 0) is 4.79 Å². The van der Waals surface area contributed by atoms with Crippen molar-refractivity contribution in [3.05, 3.63) is 46.3 Å². The molecule has 3 N–H and O–H groups in total. The van der Waals surface area contributed by atoms with Crippen molar-refractivity contribution >= 4 is 39.8 Å². The maximum atomic E-state index is 12.5. The maximum absolute atomic E-state index is 12.5. The highest BCUT2D eigenvalue weighted by Gasteiger charge is 2.17. The molecule has 0 aliphatic carbocycles. The van der Waals surface area contributed by atoms with Crippen molar-refractivity contribution in [2.24, 2.45) is 0 Å². The van der Waals surface area contributed by atoms with Gasteiger partial charge in [0.15, 0.2) is 0 Å². The normalized spacial score (nSPS) is 10.2. The average molecular weight is 346 g/mol. The Bertz CT molecular complexity index is 783. The number of aromatic carboxylic acids is 1. The molecular weight excluding hydrogens is 328 g/mol. The Labute approximate surface area is 143 Å². The largest absolute Gasteiger partial charge is 0.478 e. The zero-order valence-electron chi connectivity index (χ0n) is 13.4. The first-order valence-corrected chi connectivity index (χ1v) is 8.27. The molecule has 1 aromatic heterocycles. The van der Waals surface area contributed by atoms with Crippen molar-refractivity contribution in [3.8, 4) is 0 Å². The third-order valence-electron chi connectivity index (χ3n) is 3.20. The van der Waals surface area contributed by atoms with Gasteiger partial charge in [-0.15, -0.1) is 11.3 Å².